The third-order valence-electron chi connectivity index (χ3n) is 5.60. The Labute approximate surface area is 169 Å². The summed E-state index contributed by atoms with van der Waals surface area (Å²) >= 11 is 0. The summed E-state index contributed by atoms with van der Waals surface area (Å²) < 4.78 is 22.2. The molecule has 2 aromatic carbocycles. The van der Waals surface area contributed by atoms with Gasteiger partial charge in [0, 0.05) is 5.56 Å². The van der Waals surface area contributed by atoms with Crippen LogP contribution in [0.15, 0.2) is 36.4 Å². The van der Waals surface area contributed by atoms with E-state index in [4.69, 9.17) is 18.9 Å². The summed E-state index contributed by atoms with van der Waals surface area (Å²) in [5, 5.41) is 9.89. The van der Waals surface area contributed by atoms with E-state index in [2.05, 4.69) is 0 Å². The highest BCUT2D eigenvalue weighted by atomic mass is 16.7. The number of nitrogens with zero attached hydrogens (tertiary/aromatic N) is 1. The van der Waals surface area contributed by atoms with Gasteiger partial charge in [-0.25, -0.2) is 0 Å². The molecule has 2 unspecified atom stereocenters. The molecule has 0 spiro atoms. The number of carboxylic acids is 1. The van der Waals surface area contributed by atoms with Crippen molar-refractivity contribution >= 4 is 5.97 Å². The van der Waals surface area contributed by atoms with E-state index in [1.807, 2.05) is 41.3 Å². The molecule has 1 N–H and O–H groups in total. The number of carbonyl (C=O) groups is 1. The van der Waals surface area contributed by atoms with E-state index in [9.17, 15) is 9.90 Å². The Balaban J connectivity index is 1.87. The van der Waals surface area contributed by atoms with E-state index in [1.54, 1.807) is 14.2 Å². The first-order valence-corrected chi connectivity index (χ1v) is 9.73. The van der Waals surface area contributed by atoms with Crippen molar-refractivity contribution in [3.05, 3.63) is 47.5 Å². The molecule has 0 aliphatic carbocycles. The first-order chi connectivity index (χ1) is 14.1. The average Bonchev–Trinajstić information content (AvgIpc) is 3.22. The van der Waals surface area contributed by atoms with Crippen LogP contribution in [0, 0.1) is 0 Å². The van der Waals surface area contributed by atoms with Crippen LogP contribution in [0.2, 0.25) is 0 Å². The monoisotopic (exact) mass is 399 g/mol. The number of ether oxygens (including phenoxy) is 4. The second kappa shape index (κ2) is 8.21. The van der Waals surface area contributed by atoms with Crippen LogP contribution in [-0.2, 0) is 4.79 Å². The van der Waals surface area contributed by atoms with Gasteiger partial charge in [0.05, 0.1) is 20.3 Å². The maximum Gasteiger partial charge on any atom is 0.320 e. The predicted octanol–water partition coefficient (Wildman–Crippen LogP) is 3.46. The minimum absolute atomic E-state index is 0.188. The van der Waals surface area contributed by atoms with Crippen LogP contribution in [-0.4, -0.2) is 49.6 Å². The number of para-hydroxylation sites is 1. The first kappa shape index (κ1) is 19.4. The fourth-order valence-corrected chi connectivity index (χ4v) is 4.29. The fraction of sp³-hybridized carbons (Fsp3) is 0.409. The van der Waals surface area contributed by atoms with Crippen molar-refractivity contribution < 1.29 is 28.8 Å². The lowest BCUT2D eigenvalue weighted by atomic mass is 9.90. The summed E-state index contributed by atoms with van der Waals surface area (Å²) in [6.45, 7) is 0.865. The maximum absolute atomic E-state index is 12.1. The van der Waals surface area contributed by atoms with Crippen molar-refractivity contribution in [2.24, 2.45) is 0 Å². The highest BCUT2D eigenvalue weighted by Gasteiger charge is 2.37. The summed E-state index contributed by atoms with van der Waals surface area (Å²) in [6, 6.07) is 10.6. The summed E-state index contributed by atoms with van der Waals surface area (Å²) in [5.41, 5.74) is 1.79. The van der Waals surface area contributed by atoms with Gasteiger partial charge in [0.2, 0.25) is 6.79 Å². The number of hydrogen-bond donors (Lipinski definition) is 1. The second-order valence-corrected chi connectivity index (χ2v) is 7.19. The molecule has 2 aliphatic rings. The van der Waals surface area contributed by atoms with E-state index in [0.29, 0.717) is 36.0 Å². The van der Waals surface area contributed by atoms with Gasteiger partial charge < -0.3 is 24.1 Å². The summed E-state index contributed by atoms with van der Waals surface area (Å²) in [4.78, 5) is 14.1. The molecule has 0 radical (unpaired) electrons. The number of fused-ring (bicyclic) bond motifs is 1. The number of aliphatic carboxylic acids is 1. The number of rotatable bonds is 6. The number of likely N-dealkylation sites (tertiary alicyclic amines) is 1. The SMILES string of the molecule is COc1cccc(C(c2ccc3c(c2)OCO3)N2CCCCC2C(=O)O)c1OC. The van der Waals surface area contributed by atoms with Crippen molar-refractivity contribution in [3.63, 3.8) is 0 Å². The molecule has 7 heteroatoms. The molecule has 2 atom stereocenters. The van der Waals surface area contributed by atoms with Crippen LogP contribution in [0.25, 0.3) is 0 Å². The maximum atomic E-state index is 12.1. The number of piperidine rings is 1. The topological polar surface area (TPSA) is 77.5 Å². The predicted molar refractivity (Wildman–Crippen MR) is 106 cm³/mol. The molecule has 0 saturated carbocycles. The molecule has 0 aromatic heterocycles. The zero-order chi connectivity index (χ0) is 20.4. The van der Waals surface area contributed by atoms with Crippen molar-refractivity contribution in [3.8, 4) is 23.0 Å². The molecular weight excluding hydrogens is 374 g/mol. The van der Waals surface area contributed by atoms with Crippen LogP contribution in [0.4, 0.5) is 0 Å². The molecule has 1 fully saturated rings. The zero-order valence-corrected chi connectivity index (χ0v) is 16.6. The molecule has 4 rings (SSSR count). The molecule has 154 valence electrons. The number of methoxy groups -OCH3 is 2. The smallest absolute Gasteiger partial charge is 0.320 e. The van der Waals surface area contributed by atoms with Gasteiger partial charge in [-0.3, -0.25) is 9.69 Å². The average molecular weight is 399 g/mol. The van der Waals surface area contributed by atoms with Gasteiger partial charge in [0.15, 0.2) is 23.0 Å². The normalized spacial score (nSPS) is 19.6. The Kier molecular flexibility index (Phi) is 5.49. The standard InChI is InChI=1S/C22H25NO6/c1-26-18-8-5-6-15(21(18)27-2)20(23-11-4-3-7-16(23)22(24)25)14-9-10-17-19(12-14)29-13-28-17/h5-6,8-10,12,16,20H,3-4,7,11,13H2,1-2H3,(H,24,25). The summed E-state index contributed by atoms with van der Waals surface area (Å²) in [7, 11) is 3.20. The lowest BCUT2D eigenvalue weighted by Crippen LogP contribution is -2.46. The Morgan fingerprint density at radius 1 is 1.14 bits per heavy atom. The van der Waals surface area contributed by atoms with Gasteiger partial charge in [-0.2, -0.15) is 0 Å². The molecule has 7 nitrogen and oxygen atoms in total. The Bertz CT molecular complexity index is 899. The molecule has 0 amide bonds. The van der Waals surface area contributed by atoms with E-state index in [0.717, 1.165) is 24.0 Å². The largest absolute Gasteiger partial charge is 0.493 e. The summed E-state index contributed by atoms with van der Waals surface area (Å²) in [5.74, 6) is 1.76. The molecule has 29 heavy (non-hydrogen) atoms. The highest BCUT2D eigenvalue weighted by Crippen LogP contribution is 2.44. The molecule has 2 aliphatic heterocycles. The van der Waals surface area contributed by atoms with Crippen molar-refractivity contribution in [1.82, 2.24) is 4.90 Å². The van der Waals surface area contributed by atoms with Crippen LogP contribution < -0.4 is 18.9 Å². The fourth-order valence-electron chi connectivity index (χ4n) is 4.29. The molecule has 2 heterocycles. The molecule has 2 aromatic rings. The first-order valence-electron chi connectivity index (χ1n) is 9.73. The van der Waals surface area contributed by atoms with Crippen LogP contribution in [0.5, 0.6) is 23.0 Å². The molecular formula is C22H25NO6. The Morgan fingerprint density at radius 3 is 2.72 bits per heavy atom. The van der Waals surface area contributed by atoms with E-state index in [-0.39, 0.29) is 12.8 Å². The van der Waals surface area contributed by atoms with Crippen LogP contribution in [0.3, 0.4) is 0 Å². The van der Waals surface area contributed by atoms with Crippen molar-refractivity contribution in [2.75, 3.05) is 27.6 Å². The lowest BCUT2D eigenvalue weighted by molar-refractivity contribution is -0.145. The van der Waals surface area contributed by atoms with Crippen molar-refractivity contribution in [1.29, 1.82) is 0 Å². The number of benzene rings is 2. The van der Waals surface area contributed by atoms with E-state index >= 15 is 0 Å². The van der Waals surface area contributed by atoms with Gasteiger partial charge in [-0.1, -0.05) is 24.6 Å². The third-order valence-corrected chi connectivity index (χ3v) is 5.60. The third kappa shape index (κ3) is 3.58. The minimum atomic E-state index is -0.808. The van der Waals surface area contributed by atoms with Gasteiger partial charge >= 0.3 is 5.97 Å². The number of hydrogen-bond acceptors (Lipinski definition) is 6. The Morgan fingerprint density at radius 2 is 1.97 bits per heavy atom. The van der Waals surface area contributed by atoms with Crippen molar-refractivity contribution in [2.45, 2.75) is 31.3 Å². The summed E-state index contributed by atoms with van der Waals surface area (Å²) in [6.07, 6.45) is 2.45. The molecule has 0 bridgehead atoms. The van der Waals surface area contributed by atoms with Gasteiger partial charge in [0.25, 0.3) is 0 Å². The highest BCUT2D eigenvalue weighted by molar-refractivity contribution is 5.74. The van der Waals surface area contributed by atoms with E-state index in [1.165, 1.54) is 0 Å². The zero-order valence-electron chi connectivity index (χ0n) is 16.6. The second-order valence-electron chi connectivity index (χ2n) is 7.19. The van der Waals surface area contributed by atoms with Gasteiger partial charge in [-0.15, -0.1) is 0 Å². The van der Waals surface area contributed by atoms with Crippen LogP contribution >= 0.6 is 0 Å². The lowest BCUT2D eigenvalue weighted by Gasteiger charge is -2.40. The minimum Gasteiger partial charge on any atom is -0.493 e. The van der Waals surface area contributed by atoms with Gasteiger partial charge in [0.1, 0.15) is 6.04 Å². The van der Waals surface area contributed by atoms with Gasteiger partial charge in [-0.05, 0) is 43.1 Å². The molecule has 1 saturated heterocycles. The van der Waals surface area contributed by atoms with Crippen LogP contribution in [0.1, 0.15) is 36.4 Å². The van der Waals surface area contributed by atoms with E-state index < -0.39 is 12.0 Å². The quantitative estimate of drug-likeness (QED) is 0.797. The number of carboxylic acid groups (broad SMARTS) is 1. The Hall–Kier alpha value is -2.93.